The highest BCUT2D eigenvalue weighted by Gasteiger charge is 2.38. The second kappa shape index (κ2) is 10.3. The number of aromatic nitrogens is 3. The summed E-state index contributed by atoms with van der Waals surface area (Å²) in [6, 6.07) is 1.57. The minimum Gasteiger partial charge on any atom is -0.392 e. The normalized spacial score (nSPS) is 20.9. The van der Waals surface area contributed by atoms with Crippen molar-refractivity contribution in [2.24, 2.45) is 11.3 Å². The Morgan fingerprint density at radius 2 is 2.03 bits per heavy atom. The molecule has 10 nitrogen and oxygen atoms in total. The molecule has 0 aromatic carbocycles. The number of likely N-dealkylation sites (tertiary alicyclic amines) is 1. The largest absolute Gasteiger partial charge is 0.392 e. The van der Waals surface area contributed by atoms with E-state index < -0.39 is 22.7 Å². The quantitative estimate of drug-likeness (QED) is 0.554. The van der Waals surface area contributed by atoms with E-state index in [4.69, 9.17) is 0 Å². The predicted octanol–water partition coefficient (Wildman–Crippen LogP) is 2.79. The van der Waals surface area contributed by atoms with E-state index in [1.165, 1.54) is 17.4 Å². The van der Waals surface area contributed by atoms with E-state index in [0.717, 1.165) is 6.20 Å². The van der Waals surface area contributed by atoms with Gasteiger partial charge in [0.15, 0.2) is 0 Å². The van der Waals surface area contributed by atoms with Gasteiger partial charge in [0, 0.05) is 32.6 Å². The summed E-state index contributed by atoms with van der Waals surface area (Å²) in [4.78, 5) is 18.8. The maximum atomic E-state index is 13.8. The van der Waals surface area contributed by atoms with Gasteiger partial charge in [0.1, 0.15) is 4.90 Å². The Balaban J connectivity index is 1.69. The molecular weight excluding hydrogens is 506 g/mol. The van der Waals surface area contributed by atoms with Crippen molar-refractivity contribution in [3.63, 3.8) is 0 Å². The van der Waals surface area contributed by atoms with Crippen molar-refractivity contribution in [1.82, 2.24) is 19.7 Å². The molecule has 2 N–H and O–H groups in total. The number of fused-ring (bicyclic) bond motifs is 1. The fourth-order valence-corrected chi connectivity index (χ4v) is 6.63. The molecule has 2 aromatic heterocycles. The molecule has 4 rings (SSSR count). The number of aliphatic hydroxyl groups is 1. The van der Waals surface area contributed by atoms with Crippen molar-refractivity contribution in [3.8, 4) is 0 Å². The van der Waals surface area contributed by atoms with E-state index in [9.17, 15) is 27.1 Å². The number of sulfonamides is 1. The van der Waals surface area contributed by atoms with Crippen molar-refractivity contribution >= 4 is 27.3 Å². The number of nitrogens with zero attached hydrogens (tertiary/aromatic N) is 5. The lowest BCUT2D eigenvalue weighted by atomic mass is 9.92. The molecule has 2 aliphatic heterocycles. The second-order valence-corrected chi connectivity index (χ2v) is 13.0. The molecule has 0 spiro atoms. The van der Waals surface area contributed by atoms with E-state index in [-0.39, 0.29) is 40.8 Å². The summed E-state index contributed by atoms with van der Waals surface area (Å²) in [5.41, 5.74) is 0.922. The number of hydrogen-bond donors (Lipinski definition) is 2. The number of amides is 1. The molecular formula is C24H34F2N6O4S. The van der Waals surface area contributed by atoms with Crippen molar-refractivity contribution in [1.29, 1.82) is 0 Å². The number of nitrogens with one attached hydrogen (secondary N) is 1. The number of β-amino-alcohol motifs (C(OH)–C–C–N with tert-alkyl or cyclic N) is 1. The fraction of sp³-hybridized carbons (Fsp3) is 0.625. The number of pyridine rings is 1. The van der Waals surface area contributed by atoms with E-state index in [0.29, 0.717) is 54.2 Å². The molecule has 0 saturated carbocycles. The van der Waals surface area contributed by atoms with E-state index in [2.05, 4.69) is 20.3 Å². The van der Waals surface area contributed by atoms with Crippen molar-refractivity contribution in [2.75, 3.05) is 35.8 Å². The summed E-state index contributed by atoms with van der Waals surface area (Å²) in [5.74, 6) is -0.356. The highest BCUT2D eigenvalue weighted by molar-refractivity contribution is 7.92. The average molecular weight is 541 g/mol. The van der Waals surface area contributed by atoms with Crippen LogP contribution in [-0.2, 0) is 21.2 Å². The van der Waals surface area contributed by atoms with E-state index in [1.54, 1.807) is 6.07 Å². The third-order valence-corrected chi connectivity index (χ3v) is 8.38. The zero-order valence-electron chi connectivity index (χ0n) is 21.5. The topological polar surface area (TPSA) is 121 Å². The third-order valence-electron chi connectivity index (χ3n) is 6.50. The first kappa shape index (κ1) is 27.4. The van der Waals surface area contributed by atoms with Crippen LogP contribution in [0.15, 0.2) is 23.4 Å². The molecule has 0 radical (unpaired) electrons. The Bertz CT molecular complexity index is 1260. The highest BCUT2D eigenvalue weighted by Crippen LogP contribution is 2.36. The summed E-state index contributed by atoms with van der Waals surface area (Å²) >= 11 is 0. The second-order valence-electron chi connectivity index (χ2n) is 11.1. The SMILES string of the molecule is Cc1nn(C(F)F)cc1S(=O)(=O)N1CC(CN2CCC(O)C2)Cc2ncc(NC(=O)CC(C)(C)C)cc21. The molecule has 4 heterocycles. The van der Waals surface area contributed by atoms with Crippen LogP contribution in [0.2, 0.25) is 0 Å². The van der Waals surface area contributed by atoms with Gasteiger partial charge in [-0.15, -0.1) is 0 Å². The molecule has 2 aliphatic rings. The van der Waals surface area contributed by atoms with Crippen LogP contribution in [0, 0.1) is 18.3 Å². The summed E-state index contributed by atoms with van der Waals surface area (Å²) in [5, 5.41) is 16.4. The monoisotopic (exact) mass is 540 g/mol. The van der Waals surface area contributed by atoms with Gasteiger partial charge in [0.2, 0.25) is 5.91 Å². The number of carbonyl (C=O) groups is 1. The maximum absolute atomic E-state index is 13.8. The molecule has 0 bridgehead atoms. The van der Waals surface area contributed by atoms with Gasteiger partial charge in [-0.05, 0) is 37.2 Å². The highest BCUT2D eigenvalue weighted by atomic mass is 32.2. The number of aryl methyl sites for hydroxylation is 1. The van der Waals surface area contributed by atoms with Crippen LogP contribution in [0.25, 0.3) is 0 Å². The van der Waals surface area contributed by atoms with Crippen LogP contribution in [0.5, 0.6) is 0 Å². The first-order valence-corrected chi connectivity index (χ1v) is 13.7. The molecule has 0 aliphatic carbocycles. The van der Waals surface area contributed by atoms with Gasteiger partial charge < -0.3 is 15.3 Å². The average Bonchev–Trinajstić information content (AvgIpc) is 3.37. The Morgan fingerprint density at radius 3 is 2.62 bits per heavy atom. The van der Waals surface area contributed by atoms with Gasteiger partial charge in [-0.2, -0.15) is 13.9 Å². The van der Waals surface area contributed by atoms with Crippen LogP contribution in [0.3, 0.4) is 0 Å². The number of carbonyl (C=O) groups excluding carboxylic acids is 1. The minimum atomic E-state index is -4.27. The van der Waals surface area contributed by atoms with E-state index in [1.807, 2.05) is 20.8 Å². The minimum absolute atomic E-state index is 0.0331. The standard InChI is InChI=1S/C24H34F2N6O4S/c1-15-21(14-31(29-15)23(25)26)37(35,36)32-12-16(11-30-6-5-18(33)13-30)7-19-20(32)8-17(10-27-19)28-22(34)9-24(2,3)4/h8,10,14,16,18,23,33H,5-7,9,11-13H2,1-4H3,(H,28,34). The Labute approximate surface area is 215 Å². The molecule has 1 saturated heterocycles. The number of aliphatic hydroxyl groups excluding tert-OH is 1. The van der Waals surface area contributed by atoms with Crippen molar-refractivity contribution in [3.05, 3.63) is 29.8 Å². The smallest absolute Gasteiger partial charge is 0.333 e. The number of rotatable bonds is 7. The van der Waals surface area contributed by atoms with Gasteiger partial charge in [0.05, 0.1) is 41.3 Å². The molecule has 204 valence electrons. The fourth-order valence-electron chi connectivity index (χ4n) is 4.91. The summed E-state index contributed by atoms with van der Waals surface area (Å²) < 4.78 is 55.7. The first-order valence-electron chi connectivity index (χ1n) is 12.3. The van der Waals surface area contributed by atoms with Gasteiger partial charge >= 0.3 is 6.55 Å². The number of halogens is 2. The van der Waals surface area contributed by atoms with Crippen LogP contribution >= 0.6 is 0 Å². The van der Waals surface area contributed by atoms with Crippen LogP contribution < -0.4 is 9.62 Å². The number of anilines is 2. The predicted molar refractivity (Wildman–Crippen MR) is 134 cm³/mol. The summed E-state index contributed by atoms with van der Waals surface area (Å²) in [6.07, 6.45) is 3.37. The van der Waals surface area contributed by atoms with E-state index >= 15 is 0 Å². The molecule has 37 heavy (non-hydrogen) atoms. The third kappa shape index (κ3) is 6.27. The van der Waals surface area contributed by atoms with Gasteiger partial charge in [-0.25, -0.2) is 13.1 Å². The lowest BCUT2D eigenvalue weighted by Crippen LogP contribution is -2.44. The maximum Gasteiger partial charge on any atom is 0.333 e. The van der Waals surface area contributed by atoms with Gasteiger partial charge in [-0.3, -0.25) is 14.1 Å². The molecule has 1 amide bonds. The number of hydrogen-bond acceptors (Lipinski definition) is 7. The first-order chi connectivity index (χ1) is 17.2. The van der Waals surface area contributed by atoms with Crippen LogP contribution in [-0.4, -0.2) is 71.4 Å². The lowest BCUT2D eigenvalue weighted by molar-refractivity contribution is -0.117. The number of alkyl halides is 2. The molecule has 2 aromatic rings. The Morgan fingerprint density at radius 1 is 1.30 bits per heavy atom. The lowest BCUT2D eigenvalue weighted by Gasteiger charge is -2.36. The zero-order chi connectivity index (χ0) is 27.1. The molecule has 13 heteroatoms. The zero-order valence-corrected chi connectivity index (χ0v) is 22.3. The van der Waals surface area contributed by atoms with Crippen molar-refractivity contribution < 1.29 is 27.1 Å². The van der Waals surface area contributed by atoms with Crippen LogP contribution in [0.4, 0.5) is 20.2 Å². The Hall–Kier alpha value is -2.64. The molecule has 1 fully saturated rings. The molecule has 2 atom stereocenters. The van der Waals surface area contributed by atoms with Gasteiger partial charge in [0.25, 0.3) is 10.0 Å². The summed E-state index contributed by atoms with van der Waals surface area (Å²) in [6.45, 7) is 6.10. The Kier molecular flexibility index (Phi) is 7.59. The summed E-state index contributed by atoms with van der Waals surface area (Å²) in [7, 11) is -4.27. The van der Waals surface area contributed by atoms with Gasteiger partial charge in [-0.1, -0.05) is 20.8 Å². The van der Waals surface area contributed by atoms with Crippen molar-refractivity contribution in [2.45, 2.75) is 64.5 Å². The van der Waals surface area contributed by atoms with Crippen LogP contribution in [0.1, 0.15) is 51.6 Å². The molecule has 2 unspecified atom stereocenters.